The van der Waals surface area contributed by atoms with Crippen LogP contribution in [0.1, 0.15) is 21.3 Å². The van der Waals surface area contributed by atoms with E-state index in [0.29, 0.717) is 15.6 Å². The van der Waals surface area contributed by atoms with Gasteiger partial charge in [-0.3, -0.25) is 4.79 Å². The Hall–Kier alpha value is -2.85. The number of fused-ring (bicyclic) bond motifs is 1. The molecule has 1 N–H and O–H groups in total. The van der Waals surface area contributed by atoms with E-state index in [4.69, 9.17) is 16.3 Å². The van der Waals surface area contributed by atoms with Gasteiger partial charge >= 0.3 is 6.18 Å². The standard InChI is InChI=1S/C18H12ClF3N4O2S/c1-28-10-4-2-9(3-5-10)14-13(15(27)11-6-7-12(19)29-11)16(18(20,21)22)25-17-23-8-24-26(14)17/h2-8,14H,1H3,(H,23,24,25)/t14-/m0/s1. The van der Waals surface area contributed by atoms with Crippen molar-refractivity contribution in [3.8, 4) is 5.75 Å². The normalized spacial score (nSPS) is 16.4. The smallest absolute Gasteiger partial charge is 0.431 e. The third-order valence-corrected chi connectivity index (χ3v) is 5.58. The quantitative estimate of drug-likeness (QED) is 0.595. The Kier molecular flexibility index (Phi) is 4.83. The lowest BCUT2D eigenvalue weighted by atomic mass is 9.91. The lowest BCUT2D eigenvalue weighted by Gasteiger charge is -2.30. The average molecular weight is 441 g/mol. The van der Waals surface area contributed by atoms with Crippen molar-refractivity contribution in [3.63, 3.8) is 0 Å². The minimum Gasteiger partial charge on any atom is -0.497 e. The number of thiophene rings is 1. The van der Waals surface area contributed by atoms with Crippen molar-refractivity contribution in [1.29, 1.82) is 0 Å². The van der Waals surface area contributed by atoms with E-state index >= 15 is 0 Å². The molecule has 0 radical (unpaired) electrons. The molecule has 1 aliphatic heterocycles. The van der Waals surface area contributed by atoms with Crippen LogP contribution >= 0.6 is 22.9 Å². The molecule has 0 fully saturated rings. The van der Waals surface area contributed by atoms with E-state index in [2.05, 4.69) is 15.4 Å². The van der Waals surface area contributed by atoms with Crippen LogP contribution in [0.4, 0.5) is 19.1 Å². The molecule has 0 saturated carbocycles. The van der Waals surface area contributed by atoms with Crippen molar-refractivity contribution in [2.75, 3.05) is 12.4 Å². The third-order valence-electron chi connectivity index (χ3n) is 4.35. The first-order chi connectivity index (χ1) is 13.8. The van der Waals surface area contributed by atoms with E-state index in [1.54, 1.807) is 24.3 Å². The van der Waals surface area contributed by atoms with Crippen molar-refractivity contribution in [1.82, 2.24) is 14.8 Å². The average Bonchev–Trinajstić information content (AvgIpc) is 3.34. The summed E-state index contributed by atoms with van der Waals surface area (Å²) in [7, 11) is 1.48. The SMILES string of the molecule is COc1ccc([C@H]2C(C(=O)c3ccc(Cl)s3)=C(C(F)(F)F)Nc3ncnn32)cc1. The van der Waals surface area contributed by atoms with E-state index < -0.39 is 29.3 Å². The highest BCUT2D eigenvalue weighted by Crippen LogP contribution is 2.42. The molecule has 0 aliphatic carbocycles. The molecule has 0 unspecified atom stereocenters. The van der Waals surface area contributed by atoms with Crippen LogP contribution in [-0.4, -0.2) is 33.8 Å². The van der Waals surface area contributed by atoms with Gasteiger partial charge in [-0.2, -0.15) is 23.3 Å². The number of ketones is 1. The van der Waals surface area contributed by atoms with Gasteiger partial charge in [0.15, 0.2) is 0 Å². The number of nitrogens with zero attached hydrogens (tertiary/aromatic N) is 3. The molecule has 29 heavy (non-hydrogen) atoms. The van der Waals surface area contributed by atoms with Crippen molar-refractivity contribution in [3.05, 3.63) is 68.8 Å². The number of anilines is 1. The molecular formula is C18H12ClF3N4O2S. The second-order valence-electron chi connectivity index (χ2n) is 6.05. The fraction of sp³-hybridized carbons (Fsp3) is 0.167. The Morgan fingerprint density at radius 1 is 1.24 bits per heavy atom. The molecule has 0 bridgehead atoms. The van der Waals surface area contributed by atoms with E-state index in [9.17, 15) is 18.0 Å². The van der Waals surface area contributed by atoms with Crippen molar-refractivity contribution in [2.24, 2.45) is 0 Å². The zero-order valence-corrected chi connectivity index (χ0v) is 16.3. The van der Waals surface area contributed by atoms with Gasteiger partial charge in [-0.15, -0.1) is 11.3 Å². The zero-order chi connectivity index (χ0) is 20.8. The number of benzene rings is 1. The first-order valence-electron chi connectivity index (χ1n) is 8.21. The predicted octanol–water partition coefficient (Wildman–Crippen LogP) is 4.72. The van der Waals surface area contributed by atoms with Gasteiger partial charge in [0.2, 0.25) is 11.7 Å². The molecule has 0 saturated heterocycles. The lowest BCUT2D eigenvalue weighted by Crippen LogP contribution is -2.35. The fourth-order valence-electron chi connectivity index (χ4n) is 3.09. The largest absolute Gasteiger partial charge is 0.497 e. The second-order valence-corrected chi connectivity index (χ2v) is 7.76. The topological polar surface area (TPSA) is 69.0 Å². The molecule has 6 nitrogen and oxygen atoms in total. The second kappa shape index (κ2) is 7.20. The van der Waals surface area contributed by atoms with E-state index in [1.807, 2.05) is 0 Å². The van der Waals surface area contributed by atoms with Gasteiger partial charge in [-0.1, -0.05) is 23.7 Å². The summed E-state index contributed by atoms with van der Waals surface area (Å²) in [5.41, 5.74) is -1.24. The van der Waals surface area contributed by atoms with Gasteiger partial charge in [0.25, 0.3) is 0 Å². The number of nitrogens with one attached hydrogen (secondary N) is 1. The van der Waals surface area contributed by atoms with Crippen LogP contribution in [0.5, 0.6) is 5.75 Å². The minimum atomic E-state index is -4.81. The number of ether oxygens (including phenoxy) is 1. The highest BCUT2D eigenvalue weighted by molar-refractivity contribution is 7.18. The maximum absolute atomic E-state index is 13.9. The van der Waals surface area contributed by atoms with E-state index in [1.165, 1.54) is 23.9 Å². The van der Waals surface area contributed by atoms with Gasteiger partial charge in [-0.05, 0) is 29.8 Å². The Bertz CT molecular complexity index is 1110. The summed E-state index contributed by atoms with van der Waals surface area (Å²) in [5.74, 6) is -0.373. The Balaban J connectivity index is 1.94. The summed E-state index contributed by atoms with van der Waals surface area (Å²) in [6, 6.07) is 8.11. The van der Waals surface area contributed by atoms with Crippen LogP contribution in [0.25, 0.3) is 0 Å². The Labute approximate surface area is 171 Å². The number of aromatic nitrogens is 3. The molecule has 4 rings (SSSR count). The van der Waals surface area contributed by atoms with E-state index in [-0.39, 0.29) is 10.8 Å². The van der Waals surface area contributed by atoms with Crippen LogP contribution < -0.4 is 10.1 Å². The van der Waals surface area contributed by atoms with Crippen LogP contribution in [0.3, 0.4) is 0 Å². The van der Waals surface area contributed by atoms with Gasteiger partial charge < -0.3 is 10.1 Å². The Morgan fingerprint density at radius 3 is 2.55 bits per heavy atom. The molecule has 3 aromatic rings. The first-order valence-corrected chi connectivity index (χ1v) is 9.41. The van der Waals surface area contributed by atoms with Crippen LogP contribution in [0.2, 0.25) is 4.34 Å². The third kappa shape index (κ3) is 3.49. The maximum Gasteiger partial charge on any atom is 0.431 e. The summed E-state index contributed by atoms with van der Waals surface area (Å²) in [6.45, 7) is 0. The summed E-state index contributed by atoms with van der Waals surface area (Å²) in [5, 5.41) is 6.26. The number of Topliss-reactive ketones (excluding diaryl/α,β-unsaturated/α-hetero) is 1. The summed E-state index contributed by atoms with van der Waals surface area (Å²) < 4.78 is 48.4. The summed E-state index contributed by atoms with van der Waals surface area (Å²) in [6.07, 6.45) is -3.68. The van der Waals surface area contributed by atoms with Gasteiger partial charge in [0, 0.05) is 0 Å². The molecular weight excluding hydrogens is 429 g/mol. The zero-order valence-electron chi connectivity index (χ0n) is 14.7. The number of halogens is 4. The number of carbonyl (C=O) groups excluding carboxylic acids is 1. The molecule has 1 aliphatic rings. The number of alkyl halides is 3. The molecule has 2 aromatic heterocycles. The monoisotopic (exact) mass is 440 g/mol. The summed E-state index contributed by atoms with van der Waals surface area (Å²) >= 11 is 6.80. The van der Waals surface area contributed by atoms with Gasteiger partial charge in [0.1, 0.15) is 23.8 Å². The predicted molar refractivity (Wildman–Crippen MR) is 102 cm³/mol. The fourth-order valence-corrected chi connectivity index (χ4v) is 4.09. The van der Waals surface area contributed by atoms with Crippen molar-refractivity contribution < 1.29 is 22.7 Å². The van der Waals surface area contributed by atoms with Crippen LogP contribution in [-0.2, 0) is 0 Å². The maximum atomic E-state index is 13.9. The minimum absolute atomic E-state index is 0.0932. The number of rotatable bonds is 4. The molecule has 0 spiro atoms. The molecule has 0 amide bonds. The Morgan fingerprint density at radius 2 is 1.97 bits per heavy atom. The lowest BCUT2D eigenvalue weighted by molar-refractivity contribution is -0.0918. The number of allylic oxidation sites excluding steroid dienone is 2. The molecule has 1 aromatic carbocycles. The van der Waals surface area contributed by atoms with Crippen LogP contribution in [0.15, 0.2) is 54.0 Å². The van der Waals surface area contributed by atoms with Crippen molar-refractivity contribution >= 4 is 34.7 Å². The number of carbonyl (C=O) groups is 1. The number of hydrogen-bond donors (Lipinski definition) is 1. The highest BCUT2D eigenvalue weighted by Gasteiger charge is 2.46. The molecule has 1 atom stereocenters. The number of hydrogen-bond acceptors (Lipinski definition) is 6. The van der Waals surface area contributed by atoms with Crippen molar-refractivity contribution in [2.45, 2.75) is 12.2 Å². The first kappa shape index (κ1) is 19.5. The van der Waals surface area contributed by atoms with Gasteiger partial charge in [-0.25, -0.2) is 4.68 Å². The van der Waals surface area contributed by atoms with Gasteiger partial charge in [0.05, 0.1) is 21.9 Å². The van der Waals surface area contributed by atoms with E-state index in [0.717, 1.165) is 17.7 Å². The molecule has 11 heteroatoms. The van der Waals surface area contributed by atoms with Crippen LogP contribution in [0, 0.1) is 0 Å². The molecule has 150 valence electrons. The number of methoxy groups -OCH3 is 1. The molecule has 3 heterocycles. The highest BCUT2D eigenvalue weighted by atomic mass is 35.5. The summed E-state index contributed by atoms with van der Waals surface area (Å²) in [4.78, 5) is 17.1.